The van der Waals surface area contributed by atoms with E-state index in [4.69, 9.17) is 9.47 Å². The molecule has 0 unspecified atom stereocenters. The van der Waals surface area contributed by atoms with E-state index in [-0.39, 0.29) is 28.0 Å². The Hall–Kier alpha value is -4.33. The van der Waals surface area contributed by atoms with Gasteiger partial charge in [-0.1, -0.05) is 30.3 Å². The number of rotatable bonds is 7. The highest BCUT2D eigenvalue weighted by atomic mass is 19.1. The molecule has 8 heteroatoms. The van der Waals surface area contributed by atoms with E-state index in [1.165, 1.54) is 18.2 Å². The molecule has 3 aromatic carbocycles. The average molecular weight is 446 g/mol. The van der Waals surface area contributed by atoms with Crippen LogP contribution in [0.3, 0.4) is 0 Å². The van der Waals surface area contributed by atoms with Gasteiger partial charge < -0.3 is 14.7 Å². The van der Waals surface area contributed by atoms with E-state index in [0.29, 0.717) is 22.6 Å². The van der Waals surface area contributed by atoms with Crippen LogP contribution in [0.15, 0.2) is 72.8 Å². The predicted molar refractivity (Wildman–Crippen MR) is 117 cm³/mol. The third-order valence-corrected chi connectivity index (χ3v) is 4.88. The SMILES string of the molecule is CCOc1ccc2nc(COC(=O)c3ccc(F)cc3)c(C(=O)c3ccccc3)[n+]([O-])c2c1. The summed E-state index contributed by atoms with van der Waals surface area (Å²) in [4.78, 5) is 30.0. The van der Waals surface area contributed by atoms with E-state index in [2.05, 4.69) is 4.98 Å². The first-order valence-electron chi connectivity index (χ1n) is 10.2. The normalized spacial score (nSPS) is 10.7. The average Bonchev–Trinajstić information content (AvgIpc) is 2.84. The number of hydrogen-bond donors (Lipinski definition) is 0. The van der Waals surface area contributed by atoms with E-state index in [0.717, 1.165) is 12.1 Å². The van der Waals surface area contributed by atoms with Crippen LogP contribution in [-0.4, -0.2) is 23.3 Å². The van der Waals surface area contributed by atoms with E-state index in [1.807, 2.05) is 6.92 Å². The number of esters is 1. The van der Waals surface area contributed by atoms with E-state index in [1.54, 1.807) is 42.5 Å². The highest BCUT2D eigenvalue weighted by molar-refractivity contribution is 6.07. The number of fused-ring (bicyclic) bond motifs is 1. The highest BCUT2D eigenvalue weighted by Crippen LogP contribution is 2.21. The minimum absolute atomic E-state index is 0.00553. The van der Waals surface area contributed by atoms with Gasteiger partial charge in [0.05, 0.1) is 18.2 Å². The van der Waals surface area contributed by atoms with Gasteiger partial charge in [0.25, 0.3) is 11.5 Å². The summed E-state index contributed by atoms with van der Waals surface area (Å²) in [7, 11) is 0. The molecule has 0 saturated carbocycles. The molecule has 4 aromatic rings. The van der Waals surface area contributed by atoms with Gasteiger partial charge in [0, 0.05) is 5.56 Å². The van der Waals surface area contributed by atoms with Gasteiger partial charge in [0.2, 0.25) is 5.52 Å². The summed E-state index contributed by atoms with van der Waals surface area (Å²) in [6, 6.07) is 17.9. The minimum atomic E-state index is -0.737. The standard InChI is InChI=1S/C25H19FN2O5/c1-2-32-19-12-13-20-22(14-19)28(31)23(24(29)16-6-4-3-5-7-16)21(27-20)15-33-25(30)17-8-10-18(26)11-9-17/h3-14H,2,15H2,1H3. The third-order valence-electron chi connectivity index (χ3n) is 4.88. The van der Waals surface area contributed by atoms with Crippen LogP contribution in [0.5, 0.6) is 5.75 Å². The number of carbonyl (C=O) groups excluding carboxylic acids is 2. The zero-order valence-electron chi connectivity index (χ0n) is 17.7. The van der Waals surface area contributed by atoms with Gasteiger partial charge in [-0.05, 0) is 43.3 Å². The predicted octanol–water partition coefficient (Wildman–Crippen LogP) is 3.99. The van der Waals surface area contributed by atoms with Crippen molar-refractivity contribution in [2.75, 3.05) is 6.61 Å². The maximum absolute atomic E-state index is 13.3. The maximum atomic E-state index is 13.3. The lowest BCUT2D eigenvalue weighted by Crippen LogP contribution is -2.38. The lowest BCUT2D eigenvalue weighted by atomic mass is 10.1. The van der Waals surface area contributed by atoms with Crippen LogP contribution < -0.4 is 9.47 Å². The van der Waals surface area contributed by atoms with Gasteiger partial charge in [-0.25, -0.2) is 14.2 Å². The van der Waals surface area contributed by atoms with Crippen LogP contribution in [0.2, 0.25) is 0 Å². The van der Waals surface area contributed by atoms with Crippen LogP contribution in [0, 0.1) is 11.0 Å². The number of nitrogens with zero attached hydrogens (tertiary/aromatic N) is 2. The van der Waals surface area contributed by atoms with Crippen LogP contribution in [0.4, 0.5) is 4.39 Å². The quantitative estimate of drug-likeness (QED) is 0.184. The van der Waals surface area contributed by atoms with Crippen molar-refractivity contribution in [2.24, 2.45) is 0 Å². The smallest absolute Gasteiger partial charge is 0.338 e. The molecule has 0 bridgehead atoms. The first-order chi connectivity index (χ1) is 16.0. The fraction of sp³-hybridized carbons (Fsp3) is 0.120. The van der Waals surface area contributed by atoms with E-state index < -0.39 is 24.2 Å². The molecule has 0 N–H and O–H groups in total. The Morgan fingerprint density at radius 3 is 2.42 bits per heavy atom. The molecule has 0 aliphatic carbocycles. The zero-order chi connectivity index (χ0) is 23.4. The number of aromatic nitrogens is 2. The Labute approximate surface area is 188 Å². The molecule has 166 valence electrons. The molecule has 0 atom stereocenters. The highest BCUT2D eigenvalue weighted by Gasteiger charge is 2.28. The van der Waals surface area contributed by atoms with Crippen LogP contribution in [0.1, 0.15) is 39.0 Å². The molecule has 0 aliphatic heterocycles. The van der Waals surface area contributed by atoms with Gasteiger partial charge in [-0.2, -0.15) is 4.73 Å². The zero-order valence-corrected chi connectivity index (χ0v) is 17.7. The molecule has 0 amide bonds. The second-order valence-corrected chi connectivity index (χ2v) is 7.06. The van der Waals surface area contributed by atoms with Crippen molar-refractivity contribution in [3.05, 3.63) is 106 Å². The van der Waals surface area contributed by atoms with Crippen LogP contribution in [0.25, 0.3) is 11.0 Å². The second kappa shape index (κ2) is 9.44. The minimum Gasteiger partial charge on any atom is -0.618 e. The molecule has 0 aliphatic rings. The Bertz CT molecular complexity index is 1320. The molecule has 4 rings (SSSR count). The lowest BCUT2D eigenvalue weighted by molar-refractivity contribution is -0.580. The number of carbonyl (C=O) groups is 2. The Balaban J connectivity index is 1.76. The van der Waals surface area contributed by atoms with Crippen molar-refractivity contribution >= 4 is 22.8 Å². The number of hydrogen-bond acceptors (Lipinski definition) is 6. The van der Waals surface area contributed by atoms with Crippen LogP contribution >= 0.6 is 0 Å². The van der Waals surface area contributed by atoms with Gasteiger partial charge in [-0.3, -0.25) is 4.79 Å². The molecule has 1 aromatic heterocycles. The maximum Gasteiger partial charge on any atom is 0.338 e. The van der Waals surface area contributed by atoms with E-state index in [9.17, 15) is 19.2 Å². The molecular weight excluding hydrogens is 427 g/mol. The largest absolute Gasteiger partial charge is 0.618 e. The molecule has 7 nitrogen and oxygen atoms in total. The van der Waals surface area contributed by atoms with Crippen molar-refractivity contribution in [2.45, 2.75) is 13.5 Å². The molecule has 0 radical (unpaired) electrons. The Morgan fingerprint density at radius 2 is 1.73 bits per heavy atom. The topological polar surface area (TPSA) is 92.4 Å². The number of ketones is 1. The summed E-state index contributed by atoms with van der Waals surface area (Å²) < 4.78 is 24.4. The summed E-state index contributed by atoms with van der Waals surface area (Å²) in [5.74, 6) is -1.32. The van der Waals surface area contributed by atoms with E-state index >= 15 is 0 Å². The fourth-order valence-electron chi connectivity index (χ4n) is 3.31. The van der Waals surface area contributed by atoms with Crippen molar-refractivity contribution in [3.8, 4) is 5.75 Å². The molecule has 0 fully saturated rings. The molecular formula is C25H19FN2O5. The summed E-state index contributed by atoms with van der Waals surface area (Å²) in [6.45, 7) is 1.80. The van der Waals surface area contributed by atoms with Crippen molar-refractivity contribution < 1.29 is 28.2 Å². The molecule has 1 heterocycles. The molecule has 0 saturated heterocycles. The first-order valence-corrected chi connectivity index (χ1v) is 10.2. The number of halogens is 1. The fourth-order valence-corrected chi connectivity index (χ4v) is 3.31. The van der Waals surface area contributed by atoms with Crippen molar-refractivity contribution in [1.29, 1.82) is 0 Å². The summed E-state index contributed by atoms with van der Waals surface area (Å²) in [5.41, 5.74) is 0.625. The number of ether oxygens (including phenoxy) is 2. The van der Waals surface area contributed by atoms with Crippen molar-refractivity contribution in [3.63, 3.8) is 0 Å². The third kappa shape index (κ3) is 4.64. The summed E-state index contributed by atoms with van der Waals surface area (Å²) in [6.07, 6.45) is 0. The van der Waals surface area contributed by atoms with Gasteiger partial charge >= 0.3 is 5.97 Å². The lowest BCUT2D eigenvalue weighted by Gasteiger charge is -2.13. The Morgan fingerprint density at radius 1 is 1.00 bits per heavy atom. The Kier molecular flexibility index (Phi) is 6.26. The van der Waals surface area contributed by atoms with Crippen LogP contribution in [-0.2, 0) is 11.3 Å². The number of benzene rings is 3. The first kappa shape index (κ1) is 21.9. The molecule has 0 spiro atoms. The monoisotopic (exact) mass is 446 g/mol. The summed E-state index contributed by atoms with van der Waals surface area (Å²) >= 11 is 0. The summed E-state index contributed by atoms with van der Waals surface area (Å²) in [5, 5.41) is 13.3. The molecule has 33 heavy (non-hydrogen) atoms. The van der Waals surface area contributed by atoms with Gasteiger partial charge in [0.15, 0.2) is 5.69 Å². The second-order valence-electron chi connectivity index (χ2n) is 7.06. The van der Waals surface area contributed by atoms with Crippen molar-refractivity contribution in [1.82, 2.24) is 4.98 Å². The van der Waals surface area contributed by atoms with Gasteiger partial charge in [-0.15, -0.1) is 0 Å². The van der Waals surface area contributed by atoms with Gasteiger partial charge in [0.1, 0.15) is 23.7 Å².